The molecule has 2 aliphatic rings. The van der Waals surface area contributed by atoms with Crippen molar-refractivity contribution in [2.45, 2.75) is 32.6 Å². The number of rotatable bonds is 3. The molecule has 0 aromatic carbocycles. The van der Waals surface area contributed by atoms with E-state index in [2.05, 4.69) is 0 Å². The summed E-state index contributed by atoms with van der Waals surface area (Å²) in [4.78, 5) is 36.0. The van der Waals surface area contributed by atoms with Crippen molar-refractivity contribution in [3.05, 3.63) is 0 Å². The zero-order valence-electron chi connectivity index (χ0n) is 10.3. The van der Waals surface area contributed by atoms with Gasteiger partial charge in [-0.05, 0) is 26.2 Å². The number of amides is 1. The van der Waals surface area contributed by atoms with Gasteiger partial charge >= 0.3 is 11.9 Å². The minimum Gasteiger partial charge on any atom is -0.481 e. The van der Waals surface area contributed by atoms with Gasteiger partial charge in [-0.2, -0.15) is 0 Å². The molecular weight excluding hydrogens is 238 g/mol. The van der Waals surface area contributed by atoms with Crippen molar-refractivity contribution in [1.82, 2.24) is 4.90 Å². The maximum absolute atomic E-state index is 12.3. The van der Waals surface area contributed by atoms with Crippen LogP contribution in [0.3, 0.4) is 0 Å². The van der Waals surface area contributed by atoms with Crippen molar-refractivity contribution in [2.75, 3.05) is 13.1 Å². The third-order valence-corrected chi connectivity index (χ3v) is 4.30. The van der Waals surface area contributed by atoms with Crippen LogP contribution in [0.2, 0.25) is 0 Å². The molecule has 18 heavy (non-hydrogen) atoms. The van der Waals surface area contributed by atoms with E-state index in [1.807, 2.05) is 0 Å². The monoisotopic (exact) mass is 255 g/mol. The standard InChI is InChI=1S/C12H17NO5/c1-11(9(15)16)5-6-13(7-11)8(14)12(10(17)18)3-2-4-12/h2-7H2,1H3,(H,15,16)(H,17,18). The second-order valence-electron chi connectivity index (χ2n) is 5.58. The van der Waals surface area contributed by atoms with Gasteiger partial charge in [-0.15, -0.1) is 0 Å². The van der Waals surface area contributed by atoms with Crippen LogP contribution in [-0.2, 0) is 14.4 Å². The zero-order valence-corrected chi connectivity index (χ0v) is 10.3. The fourth-order valence-corrected chi connectivity index (χ4v) is 2.66. The Morgan fingerprint density at radius 1 is 1.06 bits per heavy atom. The molecule has 0 bridgehead atoms. The molecule has 1 aliphatic carbocycles. The Morgan fingerprint density at radius 2 is 1.67 bits per heavy atom. The normalized spacial score (nSPS) is 29.7. The van der Waals surface area contributed by atoms with E-state index in [1.54, 1.807) is 6.92 Å². The molecule has 0 aromatic heterocycles. The number of hydrogen-bond donors (Lipinski definition) is 2. The topological polar surface area (TPSA) is 94.9 Å². The largest absolute Gasteiger partial charge is 0.481 e. The van der Waals surface area contributed by atoms with Crippen molar-refractivity contribution >= 4 is 17.8 Å². The van der Waals surface area contributed by atoms with E-state index < -0.39 is 28.7 Å². The minimum atomic E-state index is -1.29. The first-order chi connectivity index (χ1) is 8.32. The number of carbonyl (C=O) groups is 3. The van der Waals surface area contributed by atoms with Crippen molar-refractivity contribution in [3.63, 3.8) is 0 Å². The van der Waals surface area contributed by atoms with E-state index in [9.17, 15) is 19.5 Å². The Balaban J connectivity index is 2.13. The van der Waals surface area contributed by atoms with E-state index in [1.165, 1.54) is 4.90 Å². The van der Waals surface area contributed by atoms with Crippen LogP contribution >= 0.6 is 0 Å². The lowest BCUT2D eigenvalue weighted by Crippen LogP contribution is -2.52. The van der Waals surface area contributed by atoms with Crippen LogP contribution < -0.4 is 0 Å². The molecule has 1 heterocycles. The quantitative estimate of drug-likeness (QED) is 0.719. The molecular formula is C12H17NO5. The van der Waals surface area contributed by atoms with Crippen LogP contribution in [0.5, 0.6) is 0 Å². The summed E-state index contributed by atoms with van der Waals surface area (Å²) in [7, 11) is 0. The molecule has 6 nitrogen and oxygen atoms in total. The minimum absolute atomic E-state index is 0.107. The Morgan fingerprint density at radius 3 is 2.00 bits per heavy atom. The highest BCUT2D eigenvalue weighted by Gasteiger charge is 2.55. The molecule has 1 aliphatic heterocycles. The lowest BCUT2D eigenvalue weighted by Gasteiger charge is -2.39. The lowest BCUT2D eigenvalue weighted by molar-refractivity contribution is -0.167. The molecule has 0 aromatic rings. The SMILES string of the molecule is CC1(C(=O)O)CCN(C(=O)C2(C(=O)O)CCC2)C1. The van der Waals surface area contributed by atoms with Gasteiger partial charge < -0.3 is 15.1 Å². The predicted octanol–water partition coefficient (Wildman–Crippen LogP) is 0.564. The van der Waals surface area contributed by atoms with Gasteiger partial charge in [-0.1, -0.05) is 6.42 Å². The fourth-order valence-electron chi connectivity index (χ4n) is 2.66. The Kier molecular flexibility index (Phi) is 2.83. The van der Waals surface area contributed by atoms with Gasteiger partial charge in [-0.25, -0.2) is 0 Å². The molecule has 100 valence electrons. The second kappa shape index (κ2) is 3.96. The molecule has 1 saturated heterocycles. The lowest BCUT2D eigenvalue weighted by atomic mass is 9.68. The zero-order chi connectivity index (χ0) is 13.6. The smallest absolute Gasteiger partial charge is 0.319 e. The van der Waals surface area contributed by atoms with E-state index in [0.29, 0.717) is 25.8 Å². The van der Waals surface area contributed by atoms with Crippen molar-refractivity contribution in [2.24, 2.45) is 10.8 Å². The molecule has 1 atom stereocenters. The number of nitrogens with zero attached hydrogens (tertiary/aromatic N) is 1. The Bertz CT molecular complexity index is 415. The van der Waals surface area contributed by atoms with E-state index in [0.717, 1.165) is 6.42 Å². The van der Waals surface area contributed by atoms with Crippen molar-refractivity contribution in [1.29, 1.82) is 0 Å². The van der Waals surface area contributed by atoms with Crippen LogP contribution in [0.4, 0.5) is 0 Å². The van der Waals surface area contributed by atoms with Crippen molar-refractivity contribution in [3.8, 4) is 0 Å². The molecule has 2 fully saturated rings. The summed E-state index contributed by atoms with van der Waals surface area (Å²) in [6.07, 6.45) is 1.84. The van der Waals surface area contributed by atoms with Gasteiger partial charge in [-0.3, -0.25) is 14.4 Å². The van der Waals surface area contributed by atoms with Gasteiger partial charge in [0.05, 0.1) is 5.41 Å². The highest BCUT2D eigenvalue weighted by atomic mass is 16.4. The Labute approximate surface area is 105 Å². The molecule has 0 radical (unpaired) electrons. The number of carboxylic acid groups (broad SMARTS) is 2. The van der Waals surface area contributed by atoms with E-state index in [4.69, 9.17) is 5.11 Å². The van der Waals surface area contributed by atoms with Crippen LogP contribution in [0.25, 0.3) is 0 Å². The summed E-state index contributed by atoms with van der Waals surface area (Å²) in [5.41, 5.74) is -2.23. The Hall–Kier alpha value is -1.59. The molecule has 2 rings (SSSR count). The highest BCUT2D eigenvalue weighted by molar-refractivity contribution is 6.03. The molecule has 1 unspecified atom stereocenters. The third-order valence-electron chi connectivity index (χ3n) is 4.30. The summed E-state index contributed by atoms with van der Waals surface area (Å²) in [6, 6.07) is 0. The summed E-state index contributed by atoms with van der Waals surface area (Å²) in [6.45, 7) is 2.03. The third kappa shape index (κ3) is 1.67. The van der Waals surface area contributed by atoms with E-state index in [-0.39, 0.29) is 6.54 Å². The first-order valence-corrected chi connectivity index (χ1v) is 6.08. The molecule has 1 amide bonds. The number of likely N-dealkylation sites (tertiary alicyclic amines) is 1. The van der Waals surface area contributed by atoms with Gasteiger partial charge in [0.2, 0.25) is 5.91 Å². The summed E-state index contributed by atoms with van der Waals surface area (Å²) >= 11 is 0. The second-order valence-corrected chi connectivity index (χ2v) is 5.58. The maximum Gasteiger partial charge on any atom is 0.319 e. The maximum atomic E-state index is 12.3. The molecule has 1 saturated carbocycles. The van der Waals surface area contributed by atoms with Crippen molar-refractivity contribution < 1.29 is 24.6 Å². The fraction of sp³-hybridized carbons (Fsp3) is 0.750. The molecule has 0 spiro atoms. The van der Waals surface area contributed by atoms with Crippen LogP contribution in [0, 0.1) is 10.8 Å². The molecule has 6 heteroatoms. The van der Waals surface area contributed by atoms with Crippen LogP contribution in [-0.4, -0.2) is 46.0 Å². The predicted molar refractivity (Wildman–Crippen MR) is 60.9 cm³/mol. The highest BCUT2D eigenvalue weighted by Crippen LogP contribution is 2.44. The van der Waals surface area contributed by atoms with Gasteiger partial charge in [0.15, 0.2) is 0 Å². The summed E-state index contributed by atoms with van der Waals surface area (Å²) in [5.74, 6) is -2.43. The molecule has 2 N–H and O–H groups in total. The van der Waals surface area contributed by atoms with Crippen LogP contribution in [0.15, 0.2) is 0 Å². The summed E-state index contributed by atoms with van der Waals surface area (Å²) < 4.78 is 0. The van der Waals surface area contributed by atoms with Crippen LogP contribution in [0.1, 0.15) is 32.6 Å². The first-order valence-electron chi connectivity index (χ1n) is 6.08. The average Bonchev–Trinajstić information content (AvgIpc) is 2.59. The number of carboxylic acids is 2. The number of aliphatic carboxylic acids is 2. The van der Waals surface area contributed by atoms with Gasteiger partial charge in [0.1, 0.15) is 5.41 Å². The van der Waals surface area contributed by atoms with E-state index >= 15 is 0 Å². The number of carbonyl (C=O) groups excluding carboxylic acids is 1. The summed E-state index contributed by atoms with van der Waals surface area (Å²) in [5, 5.41) is 18.3. The first kappa shape index (κ1) is 12.9. The van der Waals surface area contributed by atoms with Gasteiger partial charge in [0, 0.05) is 13.1 Å². The van der Waals surface area contributed by atoms with Gasteiger partial charge in [0.25, 0.3) is 0 Å². The number of hydrogen-bond acceptors (Lipinski definition) is 3. The average molecular weight is 255 g/mol.